The first kappa shape index (κ1) is 17.9. The first-order valence-corrected chi connectivity index (χ1v) is 7.18. The number of halogens is 4. The summed E-state index contributed by atoms with van der Waals surface area (Å²) >= 11 is 0. The third-order valence-electron chi connectivity index (χ3n) is 3.68. The zero-order chi connectivity index (χ0) is 17.9. The maximum atomic E-state index is 13.6. The second-order valence-electron chi connectivity index (χ2n) is 5.43. The highest BCUT2D eigenvalue weighted by Crippen LogP contribution is 2.20. The van der Waals surface area contributed by atoms with E-state index in [9.17, 15) is 22.4 Å². The number of carbonyl (C=O) groups excluding carboxylic acids is 1. The minimum Gasteiger partial charge on any atom is -0.322 e. The van der Waals surface area contributed by atoms with E-state index in [4.69, 9.17) is 0 Å². The Hall–Kier alpha value is -2.41. The number of hydrogen-bond donors (Lipinski definition) is 1. The van der Waals surface area contributed by atoms with Gasteiger partial charge in [0.05, 0.1) is 11.7 Å². The van der Waals surface area contributed by atoms with E-state index in [0.29, 0.717) is 6.54 Å². The number of likely N-dealkylation sites (N-methyl/N-ethyl adjacent to an activating group) is 1. The topological polar surface area (TPSA) is 32.3 Å². The maximum Gasteiger partial charge on any atom is 0.241 e. The molecule has 0 aliphatic rings. The van der Waals surface area contributed by atoms with Gasteiger partial charge in [-0.05, 0) is 43.8 Å². The number of amides is 1. The zero-order valence-corrected chi connectivity index (χ0v) is 13.1. The maximum absolute atomic E-state index is 13.6. The van der Waals surface area contributed by atoms with Crippen molar-refractivity contribution in [1.29, 1.82) is 0 Å². The van der Waals surface area contributed by atoms with Crippen LogP contribution in [0.4, 0.5) is 23.2 Å². The highest BCUT2D eigenvalue weighted by atomic mass is 19.2. The van der Waals surface area contributed by atoms with Crippen LogP contribution < -0.4 is 5.32 Å². The molecule has 7 heteroatoms. The Morgan fingerprint density at radius 2 is 1.67 bits per heavy atom. The first-order valence-electron chi connectivity index (χ1n) is 7.18. The van der Waals surface area contributed by atoms with Crippen LogP contribution in [0.3, 0.4) is 0 Å². The molecule has 128 valence electrons. The Bertz CT molecular complexity index is 734. The van der Waals surface area contributed by atoms with E-state index in [-0.39, 0.29) is 5.82 Å². The van der Waals surface area contributed by atoms with Crippen LogP contribution in [0.25, 0.3) is 0 Å². The van der Waals surface area contributed by atoms with Gasteiger partial charge in [0.25, 0.3) is 0 Å². The zero-order valence-electron chi connectivity index (χ0n) is 13.1. The summed E-state index contributed by atoms with van der Waals surface area (Å²) in [6.07, 6.45) is 0. The molecule has 0 unspecified atom stereocenters. The number of carbonyl (C=O) groups is 1. The van der Waals surface area contributed by atoms with Crippen molar-refractivity contribution in [1.82, 2.24) is 4.90 Å². The molecule has 2 rings (SSSR count). The van der Waals surface area contributed by atoms with Crippen molar-refractivity contribution in [2.45, 2.75) is 19.5 Å². The summed E-state index contributed by atoms with van der Waals surface area (Å²) in [6, 6.07) is 6.81. The van der Waals surface area contributed by atoms with Crippen LogP contribution in [0.15, 0.2) is 36.4 Å². The molecular weight excluding hydrogens is 324 g/mol. The molecule has 0 heterocycles. The molecule has 0 aliphatic heterocycles. The van der Waals surface area contributed by atoms with Gasteiger partial charge in [0.1, 0.15) is 5.82 Å². The van der Waals surface area contributed by atoms with E-state index in [1.165, 1.54) is 12.1 Å². The first-order chi connectivity index (χ1) is 11.3. The van der Waals surface area contributed by atoms with Crippen molar-refractivity contribution in [3.63, 3.8) is 0 Å². The van der Waals surface area contributed by atoms with Gasteiger partial charge in [0, 0.05) is 6.54 Å². The number of rotatable bonds is 5. The third-order valence-corrected chi connectivity index (χ3v) is 3.68. The Morgan fingerprint density at radius 1 is 1.04 bits per heavy atom. The molecule has 1 N–H and O–H groups in total. The van der Waals surface area contributed by atoms with Crippen LogP contribution in [0.1, 0.15) is 12.5 Å². The fourth-order valence-electron chi connectivity index (χ4n) is 2.07. The van der Waals surface area contributed by atoms with Crippen molar-refractivity contribution in [2.75, 3.05) is 12.4 Å². The molecule has 0 saturated heterocycles. The number of hydrogen-bond acceptors (Lipinski definition) is 2. The average Bonchev–Trinajstić information content (AvgIpc) is 2.56. The van der Waals surface area contributed by atoms with Gasteiger partial charge in [-0.2, -0.15) is 0 Å². The highest BCUT2D eigenvalue weighted by molar-refractivity contribution is 5.94. The van der Waals surface area contributed by atoms with Crippen molar-refractivity contribution in [2.24, 2.45) is 0 Å². The van der Waals surface area contributed by atoms with Crippen LogP contribution in [0.5, 0.6) is 0 Å². The average molecular weight is 340 g/mol. The van der Waals surface area contributed by atoms with Crippen LogP contribution in [-0.2, 0) is 11.3 Å². The predicted octanol–water partition coefficient (Wildman–Crippen LogP) is 3.70. The fourth-order valence-corrected chi connectivity index (χ4v) is 2.07. The molecule has 0 radical (unpaired) electrons. The van der Waals surface area contributed by atoms with E-state index in [1.807, 2.05) is 0 Å². The lowest BCUT2D eigenvalue weighted by Crippen LogP contribution is -2.39. The molecule has 2 aromatic carbocycles. The summed E-state index contributed by atoms with van der Waals surface area (Å²) in [4.78, 5) is 13.8. The van der Waals surface area contributed by atoms with Gasteiger partial charge in [0.2, 0.25) is 5.91 Å². The SMILES string of the molecule is C[C@H](C(=O)Nc1ccc(F)c(F)c1F)N(C)Cc1ccc(F)cc1. The van der Waals surface area contributed by atoms with Crippen molar-refractivity contribution >= 4 is 11.6 Å². The Balaban J connectivity index is 2.03. The molecule has 0 spiro atoms. The van der Waals surface area contributed by atoms with Gasteiger partial charge in [-0.3, -0.25) is 9.69 Å². The molecule has 2 aromatic rings. The van der Waals surface area contributed by atoms with Gasteiger partial charge in [0.15, 0.2) is 17.5 Å². The summed E-state index contributed by atoms with van der Waals surface area (Å²) in [5.74, 6) is -5.35. The van der Waals surface area contributed by atoms with Crippen LogP contribution in [0.2, 0.25) is 0 Å². The number of nitrogens with one attached hydrogen (secondary N) is 1. The summed E-state index contributed by atoms with van der Waals surface area (Å²) in [6.45, 7) is 1.94. The van der Waals surface area contributed by atoms with Gasteiger partial charge < -0.3 is 5.32 Å². The van der Waals surface area contributed by atoms with Crippen LogP contribution >= 0.6 is 0 Å². The molecule has 0 aliphatic carbocycles. The molecule has 3 nitrogen and oxygen atoms in total. The second kappa shape index (κ2) is 7.44. The van der Waals surface area contributed by atoms with Crippen LogP contribution in [-0.4, -0.2) is 23.9 Å². The lowest BCUT2D eigenvalue weighted by molar-refractivity contribution is -0.120. The molecule has 0 saturated carbocycles. The van der Waals surface area contributed by atoms with Gasteiger partial charge >= 0.3 is 0 Å². The van der Waals surface area contributed by atoms with E-state index in [0.717, 1.165) is 17.7 Å². The molecule has 0 bridgehead atoms. The molecular formula is C17H16F4N2O. The monoisotopic (exact) mass is 340 g/mol. The Kier molecular flexibility index (Phi) is 5.56. The summed E-state index contributed by atoms with van der Waals surface area (Å²) in [5, 5.41) is 2.23. The largest absolute Gasteiger partial charge is 0.322 e. The summed E-state index contributed by atoms with van der Waals surface area (Å²) in [5.41, 5.74) is 0.360. The molecule has 24 heavy (non-hydrogen) atoms. The Labute approximate surface area is 136 Å². The van der Waals surface area contributed by atoms with Gasteiger partial charge in [-0.25, -0.2) is 17.6 Å². The lowest BCUT2D eigenvalue weighted by Gasteiger charge is -2.24. The quantitative estimate of drug-likeness (QED) is 0.665. The standard InChI is InChI=1S/C17H16F4N2O/c1-10(23(2)9-11-3-5-12(18)6-4-11)17(24)22-14-8-7-13(19)15(20)16(14)21/h3-8,10H,9H2,1-2H3,(H,22,24)/t10-/m1/s1. The fraction of sp³-hybridized carbons (Fsp3) is 0.235. The van der Waals surface area contributed by atoms with Crippen molar-refractivity contribution in [3.05, 3.63) is 65.2 Å². The van der Waals surface area contributed by atoms with Crippen molar-refractivity contribution in [3.8, 4) is 0 Å². The molecule has 0 aromatic heterocycles. The van der Waals surface area contributed by atoms with E-state index in [1.54, 1.807) is 31.0 Å². The van der Waals surface area contributed by atoms with Gasteiger partial charge in [-0.1, -0.05) is 12.1 Å². The van der Waals surface area contributed by atoms with E-state index in [2.05, 4.69) is 5.32 Å². The Morgan fingerprint density at radius 3 is 2.29 bits per heavy atom. The molecule has 1 atom stereocenters. The minimum atomic E-state index is -1.64. The van der Waals surface area contributed by atoms with E-state index < -0.39 is 35.1 Å². The number of benzene rings is 2. The summed E-state index contributed by atoms with van der Waals surface area (Å²) in [7, 11) is 1.66. The molecule has 0 fully saturated rings. The smallest absolute Gasteiger partial charge is 0.241 e. The van der Waals surface area contributed by atoms with E-state index >= 15 is 0 Å². The number of nitrogens with zero attached hydrogens (tertiary/aromatic N) is 1. The van der Waals surface area contributed by atoms with Crippen LogP contribution in [0, 0.1) is 23.3 Å². The minimum absolute atomic E-state index is 0.356. The normalized spacial score (nSPS) is 12.3. The second-order valence-corrected chi connectivity index (χ2v) is 5.43. The van der Waals surface area contributed by atoms with Gasteiger partial charge in [-0.15, -0.1) is 0 Å². The predicted molar refractivity (Wildman–Crippen MR) is 82.3 cm³/mol. The number of anilines is 1. The lowest BCUT2D eigenvalue weighted by atomic mass is 10.2. The third kappa shape index (κ3) is 4.11. The highest BCUT2D eigenvalue weighted by Gasteiger charge is 2.21. The molecule has 1 amide bonds. The van der Waals surface area contributed by atoms with Crippen molar-refractivity contribution < 1.29 is 22.4 Å². The summed E-state index contributed by atoms with van der Waals surface area (Å²) < 4.78 is 52.5.